The lowest BCUT2D eigenvalue weighted by molar-refractivity contribution is 1.07. The lowest BCUT2D eigenvalue weighted by Gasteiger charge is -2.21. The van der Waals surface area contributed by atoms with Crippen LogP contribution in [0.1, 0.15) is 11.1 Å². The first-order valence-corrected chi connectivity index (χ1v) is 39.6. The first kappa shape index (κ1) is 71.2. The first-order valence-electron chi connectivity index (χ1n) is 39.6. The number of aromatic nitrogens is 14. The Bertz CT molecular complexity index is 6970. The van der Waals surface area contributed by atoms with Gasteiger partial charge in [-0.3, -0.25) is 0 Å². The normalized spacial score (nSPS) is 11.4. The Morgan fingerprint density at radius 2 is 0.417 bits per heavy atom. The van der Waals surface area contributed by atoms with Crippen LogP contribution >= 0.6 is 0 Å². The van der Waals surface area contributed by atoms with E-state index >= 15 is 0 Å². The monoisotopic (exact) mass is 1540 g/mol. The van der Waals surface area contributed by atoms with Gasteiger partial charge in [0.1, 0.15) is 0 Å². The van der Waals surface area contributed by atoms with Crippen molar-refractivity contribution in [1.29, 1.82) is 0 Å². The molecule has 0 aliphatic rings. The molecule has 15 aromatic carbocycles. The van der Waals surface area contributed by atoms with E-state index < -0.39 is 0 Å². The molecule has 21 rings (SSSR count). The number of fused-ring (bicyclic) bond motifs is 6. The van der Waals surface area contributed by atoms with Crippen LogP contribution in [0.15, 0.2) is 370 Å². The van der Waals surface area contributed by atoms with E-state index in [9.17, 15) is 0 Å². The van der Waals surface area contributed by atoms with Gasteiger partial charge in [-0.25, -0.2) is 64.7 Å². The van der Waals surface area contributed by atoms with E-state index in [0.717, 1.165) is 155 Å². The van der Waals surface area contributed by atoms with Crippen LogP contribution in [0, 0.1) is 20.4 Å². The third-order valence-electron chi connectivity index (χ3n) is 22.0. The van der Waals surface area contributed by atoms with Crippen molar-refractivity contribution in [3.05, 3.63) is 393 Å². The van der Waals surface area contributed by atoms with Gasteiger partial charge >= 0.3 is 0 Å². The van der Waals surface area contributed by atoms with Gasteiger partial charge in [-0.1, -0.05) is 273 Å². The summed E-state index contributed by atoms with van der Waals surface area (Å²) in [5.41, 5.74) is 21.7. The molecule has 0 aliphatic carbocycles. The molecule has 6 aromatic heterocycles. The zero-order valence-electron chi connectivity index (χ0n) is 64.9. The maximum Gasteiger partial charge on any atom is 0.188 e. The van der Waals surface area contributed by atoms with Gasteiger partial charge in [0, 0.05) is 93.9 Å². The van der Waals surface area contributed by atoms with E-state index in [1.807, 2.05) is 255 Å². The summed E-state index contributed by atoms with van der Waals surface area (Å²) in [5.74, 6) is 6.41. The standard InChI is InChI=1S/C105H67N15/c1-65-29-28-30-66(2)93(65)75-47-53-87(119-88-54-48-76(102-111-94(67-31-12-4-13-32-67)107-95(112-102)68-33-14-5-15-34-68)60-82(88)83-61-77(49-55-89(83)119)103-113-96(69-35-16-6-17-36-69)108-97(114-103)70-37-18-7-19-38-70)81(59-75)86-64-80(106-3)52-58-92(86)120-90-56-50-78(104-115-98(71-39-20-8-21-40-71)109-99(116-104)72-41-22-9-23-42-72)62-84(90)85-63-79(51-57-91(85)120)105-117-100(73-43-24-10-25-44-73)110-101(118-105)74-45-26-11-27-46-74/h4-64H,1-2H3. The Kier molecular flexibility index (Phi) is 18.0. The Morgan fingerprint density at radius 3 is 0.658 bits per heavy atom. The summed E-state index contributed by atoms with van der Waals surface area (Å²) in [6.45, 7) is 13.3. The highest BCUT2D eigenvalue weighted by Crippen LogP contribution is 2.47. The smallest absolute Gasteiger partial charge is 0.188 e. The van der Waals surface area contributed by atoms with Gasteiger partial charge in [-0.05, 0) is 139 Å². The number of hydrogen-bond acceptors (Lipinski definition) is 12. The van der Waals surface area contributed by atoms with Crippen LogP contribution in [-0.4, -0.2) is 68.9 Å². The molecule has 0 bridgehead atoms. The Balaban J connectivity index is 0.827. The second-order valence-corrected chi connectivity index (χ2v) is 29.6. The molecule has 0 aliphatic heterocycles. The Hall–Kier alpha value is -16.6. The topological polar surface area (TPSA) is 169 Å². The van der Waals surface area contributed by atoms with E-state index in [1.165, 1.54) is 0 Å². The second kappa shape index (κ2) is 30.3. The minimum atomic E-state index is 0.458. The number of benzene rings is 15. The molecular weight excluding hydrogens is 1470 g/mol. The lowest BCUT2D eigenvalue weighted by Crippen LogP contribution is -2.03. The fourth-order valence-corrected chi connectivity index (χ4v) is 16.2. The molecular formula is C105H67N15. The molecule has 0 saturated heterocycles. The molecule has 0 spiro atoms. The predicted octanol–water partition coefficient (Wildman–Crippen LogP) is 25.1. The molecule has 0 radical (unpaired) electrons. The van der Waals surface area contributed by atoms with E-state index in [2.05, 4.69) is 143 Å². The van der Waals surface area contributed by atoms with Crippen molar-refractivity contribution < 1.29 is 0 Å². The Labute approximate surface area is 690 Å². The van der Waals surface area contributed by atoms with Crippen LogP contribution in [0.25, 0.3) is 219 Å². The van der Waals surface area contributed by atoms with Crippen molar-refractivity contribution in [2.75, 3.05) is 0 Å². The minimum Gasteiger partial charge on any atom is -0.309 e. The van der Waals surface area contributed by atoms with Crippen LogP contribution < -0.4 is 0 Å². The zero-order chi connectivity index (χ0) is 80.2. The molecule has 0 amide bonds. The van der Waals surface area contributed by atoms with E-state index in [1.54, 1.807) is 0 Å². The molecule has 21 aromatic rings. The molecule has 15 heteroatoms. The van der Waals surface area contributed by atoms with Crippen molar-refractivity contribution >= 4 is 49.3 Å². The number of rotatable bonds is 16. The number of hydrogen-bond donors (Lipinski definition) is 0. The SMILES string of the molecule is [C-]#[N+]c1ccc(-n2c3ccc(-c4nc(-c5ccccc5)nc(-c5ccccc5)n4)cc3c3cc(-c4nc(-c5ccccc5)nc(-c5ccccc5)n4)ccc32)c(-c2cc(-c3c(C)cccc3C)ccc2-n2c3ccc(-c4nc(-c5ccccc5)nc(-c5ccccc5)n4)cc3c3cc(-c4nc(-c5ccccc5)nc(-c5ccccc5)n4)ccc32)c1. The van der Waals surface area contributed by atoms with Gasteiger partial charge in [0.2, 0.25) is 0 Å². The Morgan fingerprint density at radius 1 is 0.200 bits per heavy atom. The maximum atomic E-state index is 8.93. The number of aryl methyl sites for hydroxylation is 2. The summed E-state index contributed by atoms with van der Waals surface area (Å²) >= 11 is 0. The third kappa shape index (κ3) is 13.3. The lowest BCUT2D eigenvalue weighted by atomic mass is 9.91. The summed E-state index contributed by atoms with van der Waals surface area (Å²) in [7, 11) is 0. The summed E-state index contributed by atoms with van der Waals surface area (Å²) in [4.78, 5) is 67.0. The average molecular weight is 1540 g/mol. The van der Waals surface area contributed by atoms with Gasteiger partial charge in [0.15, 0.2) is 75.6 Å². The molecule has 0 unspecified atom stereocenters. The predicted molar refractivity (Wildman–Crippen MR) is 481 cm³/mol. The van der Waals surface area contributed by atoms with Crippen LogP contribution in [0.2, 0.25) is 0 Å². The molecule has 562 valence electrons. The number of nitrogens with zero attached hydrogens (tertiary/aromatic N) is 15. The quantitative estimate of drug-likeness (QED) is 0.0841. The molecule has 0 saturated carbocycles. The highest BCUT2D eigenvalue weighted by molar-refractivity contribution is 6.14. The minimum absolute atomic E-state index is 0.458. The van der Waals surface area contributed by atoms with Crippen molar-refractivity contribution in [3.63, 3.8) is 0 Å². The largest absolute Gasteiger partial charge is 0.309 e. The molecule has 0 N–H and O–H groups in total. The maximum absolute atomic E-state index is 8.93. The van der Waals surface area contributed by atoms with Crippen LogP contribution in [0.5, 0.6) is 0 Å². The van der Waals surface area contributed by atoms with Crippen LogP contribution in [0.4, 0.5) is 5.69 Å². The van der Waals surface area contributed by atoms with Crippen molar-refractivity contribution in [2.45, 2.75) is 13.8 Å². The molecule has 0 fully saturated rings. The van der Waals surface area contributed by atoms with Gasteiger partial charge in [-0.2, -0.15) is 0 Å². The van der Waals surface area contributed by atoms with Gasteiger partial charge < -0.3 is 9.13 Å². The fraction of sp³-hybridized carbons (Fsp3) is 0.0190. The molecule has 15 nitrogen and oxygen atoms in total. The summed E-state index contributed by atoms with van der Waals surface area (Å²) < 4.78 is 4.70. The summed E-state index contributed by atoms with van der Waals surface area (Å²) in [5, 5.41) is 3.64. The summed E-state index contributed by atoms with van der Waals surface area (Å²) in [6.07, 6.45) is 0. The first-order chi connectivity index (χ1) is 59.2. The average Bonchev–Trinajstić information content (AvgIpc) is 1.56. The van der Waals surface area contributed by atoms with E-state index in [4.69, 9.17) is 66.4 Å². The third-order valence-corrected chi connectivity index (χ3v) is 22.0. The molecule has 120 heavy (non-hydrogen) atoms. The second-order valence-electron chi connectivity index (χ2n) is 29.6. The zero-order valence-corrected chi connectivity index (χ0v) is 64.9. The van der Waals surface area contributed by atoms with Crippen molar-refractivity contribution in [1.82, 2.24) is 68.9 Å². The van der Waals surface area contributed by atoms with Crippen LogP contribution in [-0.2, 0) is 0 Å². The van der Waals surface area contributed by atoms with Gasteiger partial charge in [0.05, 0.1) is 40.0 Å². The van der Waals surface area contributed by atoms with Crippen molar-refractivity contribution in [3.8, 4) is 170 Å². The van der Waals surface area contributed by atoms with Gasteiger partial charge in [-0.15, -0.1) is 0 Å². The fourth-order valence-electron chi connectivity index (χ4n) is 16.2. The van der Waals surface area contributed by atoms with E-state index in [-0.39, 0.29) is 0 Å². The molecule has 0 atom stereocenters. The van der Waals surface area contributed by atoms with Gasteiger partial charge in [0.25, 0.3) is 0 Å². The van der Waals surface area contributed by atoms with E-state index in [0.29, 0.717) is 75.6 Å². The van der Waals surface area contributed by atoms with Crippen molar-refractivity contribution in [2.24, 2.45) is 0 Å². The summed E-state index contributed by atoms with van der Waals surface area (Å²) in [6, 6.07) is 126. The molecule has 6 heterocycles. The highest BCUT2D eigenvalue weighted by Gasteiger charge is 2.27. The highest BCUT2D eigenvalue weighted by atomic mass is 15.1. The van der Waals surface area contributed by atoms with Crippen LogP contribution in [0.3, 0.4) is 0 Å².